The topological polar surface area (TPSA) is 79.7 Å². The van der Waals surface area contributed by atoms with Gasteiger partial charge in [-0.3, -0.25) is 9.59 Å². The van der Waals surface area contributed by atoms with Crippen molar-refractivity contribution in [2.24, 2.45) is 5.92 Å². The van der Waals surface area contributed by atoms with Gasteiger partial charge >= 0.3 is 12.1 Å². The summed E-state index contributed by atoms with van der Waals surface area (Å²) in [6.07, 6.45) is -1.72. The molecular formula is C15H17F3N2O4. The second-order valence-corrected chi connectivity index (χ2v) is 5.72. The van der Waals surface area contributed by atoms with Crippen LogP contribution in [0.25, 0.3) is 0 Å². The monoisotopic (exact) mass is 346 g/mol. The van der Waals surface area contributed by atoms with Crippen molar-refractivity contribution >= 4 is 11.9 Å². The van der Waals surface area contributed by atoms with Crippen LogP contribution in [0.4, 0.5) is 13.2 Å². The zero-order valence-electron chi connectivity index (χ0n) is 12.9. The number of amides is 1. The van der Waals surface area contributed by atoms with Crippen molar-refractivity contribution < 1.29 is 32.6 Å². The minimum absolute atomic E-state index is 0.000422. The molecule has 0 radical (unpaired) electrons. The van der Waals surface area contributed by atoms with Crippen LogP contribution < -0.4 is 4.74 Å². The molecule has 0 bridgehead atoms. The lowest BCUT2D eigenvalue weighted by atomic mass is 10.1. The summed E-state index contributed by atoms with van der Waals surface area (Å²) in [7, 11) is 0. The van der Waals surface area contributed by atoms with Crippen LogP contribution in [0, 0.1) is 5.92 Å². The van der Waals surface area contributed by atoms with Gasteiger partial charge in [-0.05, 0) is 18.9 Å². The number of carbonyl (C=O) groups is 2. The SMILES string of the molecule is CC(CN(C(=O)c1ccc(OCC(F)(F)F)nc1)C1CC1)C(=O)O. The molecule has 132 valence electrons. The standard InChI is InChI=1S/C15H17F3N2O4/c1-9(14(22)23)7-20(11-3-4-11)13(21)10-2-5-12(19-6-10)24-8-15(16,17)18/h2,5-6,9,11H,3-4,7-8H2,1H3,(H,22,23). The van der Waals surface area contributed by atoms with Gasteiger partial charge in [0.1, 0.15) is 0 Å². The van der Waals surface area contributed by atoms with Gasteiger partial charge in [0, 0.05) is 24.8 Å². The van der Waals surface area contributed by atoms with Gasteiger partial charge in [0.25, 0.3) is 5.91 Å². The number of carboxylic acids is 1. The number of aromatic nitrogens is 1. The lowest BCUT2D eigenvalue weighted by Crippen LogP contribution is -2.38. The van der Waals surface area contributed by atoms with E-state index in [1.807, 2.05) is 0 Å². The zero-order valence-corrected chi connectivity index (χ0v) is 12.9. The second-order valence-electron chi connectivity index (χ2n) is 5.72. The highest BCUT2D eigenvalue weighted by Gasteiger charge is 2.35. The lowest BCUT2D eigenvalue weighted by molar-refractivity contribution is -0.154. The molecule has 0 spiro atoms. The van der Waals surface area contributed by atoms with E-state index in [-0.39, 0.29) is 29.9 Å². The summed E-state index contributed by atoms with van der Waals surface area (Å²) in [6, 6.07) is 2.51. The summed E-state index contributed by atoms with van der Waals surface area (Å²) in [5, 5.41) is 8.99. The van der Waals surface area contributed by atoms with Gasteiger partial charge in [-0.1, -0.05) is 6.92 Å². The predicted molar refractivity (Wildman–Crippen MR) is 76.6 cm³/mol. The molecule has 0 saturated heterocycles. The van der Waals surface area contributed by atoms with E-state index >= 15 is 0 Å². The van der Waals surface area contributed by atoms with E-state index in [9.17, 15) is 22.8 Å². The summed E-state index contributed by atoms with van der Waals surface area (Å²) in [4.78, 5) is 28.6. The van der Waals surface area contributed by atoms with E-state index in [1.165, 1.54) is 24.0 Å². The quantitative estimate of drug-likeness (QED) is 0.820. The van der Waals surface area contributed by atoms with Crippen molar-refractivity contribution in [3.05, 3.63) is 23.9 Å². The Kier molecular flexibility index (Phi) is 5.30. The van der Waals surface area contributed by atoms with Gasteiger partial charge in [-0.2, -0.15) is 13.2 Å². The highest BCUT2D eigenvalue weighted by atomic mass is 19.4. The maximum absolute atomic E-state index is 12.5. The number of aliphatic carboxylic acids is 1. The summed E-state index contributed by atoms with van der Waals surface area (Å²) < 4.78 is 40.7. The zero-order chi connectivity index (χ0) is 17.9. The van der Waals surface area contributed by atoms with Gasteiger partial charge in [0.05, 0.1) is 11.5 Å². The largest absolute Gasteiger partial charge is 0.481 e. The molecule has 6 nitrogen and oxygen atoms in total. The number of nitrogens with zero attached hydrogens (tertiary/aromatic N) is 2. The summed E-state index contributed by atoms with van der Waals surface area (Å²) in [6.45, 7) is 0.125. The molecule has 1 aliphatic carbocycles. The number of carboxylic acid groups (broad SMARTS) is 1. The molecule has 1 amide bonds. The Labute approximate surface area is 136 Å². The van der Waals surface area contributed by atoms with Crippen LogP contribution in [0.1, 0.15) is 30.1 Å². The average Bonchev–Trinajstić information content (AvgIpc) is 3.34. The number of ether oxygens (including phenoxy) is 1. The Hall–Kier alpha value is -2.32. The molecule has 24 heavy (non-hydrogen) atoms. The third kappa shape index (κ3) is 5.10. The predicted octanol–water partition coefficient (Wildman–Crippen LogP) is 2.35. The van der Waals surface area contributed by atoms with Crippen molar-refractivity contribution in [2.45, 2.75) is 32.0 Å². The molecule has 1 aromatic heterocycles. The van der Waals surface area contributed by atoms with Crippen LogP contribution >= 0.6 is 0 Å². The maximum atomic E-state index is 12.5. The van der Waals surface area contributed by atoms with Gasteiger partial charge < -0.3 is 14.7 Å². The molecule has 1 atom stereocenters. The molecular weight excluding hydrogens is 329 g/mol. The van der Waals surface area contributed by atoms with Crippen molar-refractivity contribution in [1.29, 1.82) is 0 Å². The minimum atomic E-state index is -4.47. The van der Waals surface area contributed by atoms with Gasteiger partial charge in [-0.15, -0.1) is 0 Å². The Balaban J connectivity index is 2.03. The number of hydrogen-bond donors (Lipinski definition) is 1. The van der Waals surface area contributed by atoms with Gasteiger partial charge in [0.15, 0.2) is 6.61 Å². The van der Waals surface area contributed by atoms with E-state index in [0.29, 0.717) is 0 Å². The highest BCUT2D eigenvalue weighted by molar-refractivity contribution is 5.94. The van der Waals surface area contributed by atoms with E-state index in [4.69, 9.17) is 5.11 Å². The molecule has 9 heteroatoms. The molecule has 1 aromatic rings. The first kappa shape index (κ1) is 18.0. The normalized spacial score (nSPS) is 15.7. The molecule has 0 aliphatic heterocycles. The Morgan fingerprint density at radius 3 is 2.54 bits per heavy atom. The van der Waals surface area contributed by atoms with Crippen molar-refractivity contribution in [3.63, 3.8) is 0 Å². The first-order valence-corrected chi connectivity index (χ1v) is 7.37. The first-order valence-electron chi connectivity index (χ1n) is 7.37. The maximum Gasteiger partial charge on any atom is 0.422 e. The summed E-state index contributed by atoms with van der Waals surface area (Å²) in [5.41, 5.74) is 0.179. The van der Waals surface area contributed by atoms with E-state index in [1.54, 1.807) is 0 Å². The molecule has 1 unspecified atom stereocenters. The number of pyridine rings is 1. The smallest absolute Gasteiger partial charge is 0.422 e. The van der Waals surface area contributed by atoms with Crippen LogP contribution in [0.2, 0.25) is 0 Å². The van der Waals surface area contributed by atoms with Crippen LogP contribution in [-0.4, -0.2) is 52.2 Å². The fourth-order valence-electron chi connectivity index (χ4n) is 2.07. The van der Waals surface area contributed by atoms with E-state index < -0.39 is 24.7 Å². The average molecular weight is 346 g/mol. The second kappa shape index (κ2) is 7.06. The first-order chi connectivity index (χ1) is 11.2. The number of rotatable bonds is 7. The minimum Gasteiger partial charge on any atom is -0.481 e. The number of carbonyl (C=O) groups excluding carboxylic acids is 1. The van der Waals surface area contributed by atoms with Gasteiger partial charge in [0.2, 0.25) is 5.88 Å². The third-order valence-electron chi connectivity index (χ3n) is 3.51. The molecule has 2 rings (SSSR count). The molecule has 0 aromatic carbocycles. The lowest BCUT2D eigenvalue weighted by Gasteiger charge is -2.24. The van der Waals surface area contributed by atoms with Crippen molar-refractivity contribution in [2.75, 3.05) is 13.2 Å². The molecule has 1 fully saturated rings. The fraction of sp³-hybridized carbons (Fsp3) is 0.533. The molecule has 1 saturated carbocycles. The van der Waals surface area contributed by atoms with Crippen molar-refractivity contribution in [1.82, 2.24) is 9.88 Å². The Morgan fingerprint density at radius 1 is 1.42 bits per heavy atom. The fourth-order valence-corrected chi connectivity index (χ4v) is 2.07. The number of halogens is 3. The van der Waals surface area contributed by atoms with Crippen LogP contribution in [0.15, 0.2) is 18.3 Å². The van der Waals surface area contributed by atoms with Gasteiger partial charge in [-0.25, -0.2) is 4.98 Å². The van der Waals surface area contributed by atoms with Crippen molar-refractivity contribution in [3.8, 4) is 5.88 Å². The Morgan fingerprint density at radius 2 is 2.08 bits per heavy atom. The van der Waals surface area contributed by atoms with Crippen LogP contribution in [0.5, 0.6) is 5.88 Å². The molecule has 1 aliphatic rings. The van der Waals surface area contributed by atoms with E-state index in [0.717, 1.165) is 19.0 Å². The highest BCUT2D eigenvalue weighted by Crippen LogP contribution is 2.29. The summed E-state index contributed by atoms with van der Waals surface area (Å²) in [5.74, 6) is -2.33. The summed E-state index contributed by atoms with van der Waals surface area (Å²) >= 11 is 0. The molecule has 1 N–H and O–H groups in total. The van der Waals surface area contributed by atoms with Crippen LogP contribution in [-0.2, 0) is 4.79 Å². The molecule has 1 heterocycles. The Bertz CT molecular complexity index is 600. The van der Waals surface area contributed by atoms with E-state index in [2.05, 4.69) is 9.72 Å². The van der Waals surface area contributed by atoms with Crippen LogP contribution in [0.3, 0.4) is 0 Å². The number of hydrogen-bond acceptors (Lipinski definition) is 4. The third-order valence-corrected chi connectivity index (χ3v) is 3.51. The number of alkyl halides is 3.